The number of carbonyl (C=O) groups is 1. The van der Waals surface area contributed by atoms with E-state index in [1.165, 1.54) is 0 Å². The number of methoxy groups -OCH3 is 2. The molecule has 0 saturated carbocycles. The number of aryl methyl sites for hydroxylation is 1. The van der Waals surface area contributed by atoms with Gasteiger partial charge in [0.15, 0.2) is 0 Å². The Labute approximate surface area is 200 Å². The first kappa shape index (κ1) is 23.4. The maximum Gasteiger partial charge on any atom is 0.220 e. The Morgan fingerprint density at radius 2 is 1.76 bits per heavy atom. The van der Waals surface area contributed by atoms with Crippen LogP contribution in [0.5, 0.6) is 11.5 Å². The molecule has 4 rings (SSSR count). The zero-order chi connectivity index (χ0) is 23.9. The molecular weight excluding hydrogens is 426 g/mol. The number of hydrogen-bond donors (Lipinski definition) is 1. The molecule has 0 radical (unpaired) electrons. The summed E-state index contributed by atoms with van der Waals surface area (Å²) in [6.45, 7) is 3.52. The summed E-state index contributed by atoms with van der Waals surface area (Å²) in [5, 5.41) is 4.23. The fourth-order valence-electron chi connectivity index (χ4n) is 4.39. The minimum absolute atomic E-state index is 0.00366. The molecule has 0 aliphatic heterocycles. The molecule has 2 heterocycles. The van der Waals surface area contributed by atoms with Crippen LogP contribution in [0.1, 0.15) is 36.1 Å². The van der Waals surface area contributed by atoms with E-state index in [0.29, 0.717) is 30.9 Å². The number of ether oxygens (including phenoxy) is 2. The third kappa shape index (κ3) is 5.22. The molecule has 1 amide bonds. The molecule has 6 nitrogen and oxygen atoms in total. The molecule has 1 unspecified atom stereocenters. The summed E-state index contributed by atoms with van der Waals surface area (Å²) in [5.41, 5.74) is 4.22. The molecule has 34 heavy (non-hydrogen) atoms. The van der Waals surface area contributed by atoms with E-state index in [4.69, 9.17) is 9.47 Å². The first-order chi connectivity index (χ1) is 16.6. The summed E-state index contributed by atoms with van der Waals surface area (Å²) < 4.78 is 13.3. The van der Waals surface area contributed by atoms with Gasteiger partial charge in [-0.1, -0.05) is 24.3 Å². The third-order valence-electron chi connectivity index (χ3n) is 6.13. The first-order valence-corrected chi connectivity index (χ1v) is 11.6. The lowest BCUT2D eigenvalue weighted by Gasteiger charge is -2.19. The number of benzene rings is 2. The molecule has 176 valence electrons. The molecular formula is C28H31N3O3. The Kier molecular flexibility index (Phi) is 7.48. The molecule has 0 aliphatic rings. The molecule has 1 atom stereocenters. The average molecular weight is 458 g/mol. The number of fused-ring (bicyclic) bond motifs is 1. The average Bonchev–Trinajstić information content (AvgIpc) is 3.26. The number of amides is 1. The predicted octanol–water partition coefficient (Wildman–Crippen LogP) is 4.95. The lowest BCUT2D eigenvalue weighted by atomic mass is 9.87. The highest BCUT2D eigenvalue weighted by atomic mass is 16.5. The van der Waals surface area contributed by atoms with Gasteiger partial charge >= 0.3 is 0 Å². The van der Waals surface area contributed by atoms with Gasteiger partial charge in [-0.2, -0.15) is 0 Å². The van der Waals surface area contributed by atoms with Gasteiger partial charge in [0.05, 0.1) is 14.2 Å². The summed E-state index contributed by atoms with van der Waals surface area (Å²) >= 11 is 0. The van der Waals surface area contributed by atoms with Crippen LogP contribution >= 0.6 is 0 Å². The van der Waals surface area contributed by atoms with Crippen LogP contribution in [0.2, 0.25) is 0 Å². The van der Waals surface area contributed by atoms with Crippen molar-refractivity contribution in [3.63, 3.8) is 0 Å². The lowest BCUT2D eigenvalue weighted by molar-refractivity contribution is -0.121. The summed E-state index contributed by atoms with van der Waals surface area (Å²) in [4.78, 5) is 17.4. The number of pyridine rings is 1. The van der Waals surface area contributed by atoms with Crippen LogP contribution in [0.15, 0.2) is 73.1 Å². The zero-order valence-electron chi connectivity index (χ0n) is 20.0. The molecule has 0 fully saturated rings. The zero-order valence-corrected chi connectivity index (χ0v) is 20.0. The lowest BCUT2D eigenvalue weighted by Crippen LogP contribution is -2.27. The molecule has 6 heteroatoms. The fourth-order valence-corrected chi connectivity index (χ4v) is 4.39. The van der Waals surface area contributed by atoms with Gasteiger partial charge in [-0.3, -0.25) is 9.78 Å². The third-order valence-corrected chi connectivity index (χ3v) is 6.13. The SMILES string of the molecule is CCn1cc(C(CC(=O)NCCc2ccccn2)c2cc(OC)cc(OC)c2)c2ccccc21. The van der Waals surface area contributed by atoms with Crippen molar-refractivity contribution < 1.29 is 14.3 Å². The Balaban J connectivity index is 1.66. The van der Waals surface area contributed by atoms with Crippen molar-refractivity contribution >= 4 is 16.8 Å². The Bertz CT molecular complexity index is 1230. The van der Waals surface area contributed by atoms with Crippen molar-refractivity contribution in [3.05, 3.63) is 89.9 Å². The van der Waals surface area contributed by atoms with E-state index in [-0.39, 0.29) is 11.8 Å². The van der Waals surface area contributed by atoms with Gasteiger partial charge < -0.3 is 19.4 Å². The molecule has 4 aromatic rings. The van der Waals surface area contributed by atoms with Crippen molar-refractivity contribution in [2.75, 3.05) is 20.8 Å². The van der Waals surface area contributed by atoms with E-state index in [1.54, 1.807) is 20.4 Å². The minimum atomic E-state index is -0.156. The normalized spacial score (nSPS) is 11.9. The highest BCUT2D eigenvalue weighted by Gasteiger charge is 2.24. The highest BCUT2D eigenvalue weighted by molar-refractivity contribution is 5.86. The van der Waals surface area contributed by atoms with Crippen LogP contribution in [0.3, 0.4) is 0 Å². The van der Waals surface area contributed by atoms with Crippen LogP contribution in [0, 0.1) is 0 Å². The predicted molar refractivity (Wildman–Crippen MR) is 135 cm³/mol. The van der Waals surface area contributed by atoms with Gasteiger partial charge in [0, 0.05) is 66.9 Å². The molecule has 0 bridgehead atoms. The minimum Gasteiger partial charge on any atom is -0.497 e. The summed E-state index contributed by atoms with van der Waals surface area (Å²) in [5.74, 6) is 1.25. The van der Waals surface area contributed by atoms with Crippen LogP contribution in [0.25, 0.3) is 10.9 Å². The second kappa shape index (κ2) is 10.9. The van der Waals surface area contributed by atoms with E-state index in [9.17, 15) is 4.79 Å². The van der Waals surface area contributed by atoms with Crippen LogP contribution in [-0.4, -0.2) is 36.2 Å². The molecule has 1 N–H and O–H groups in total. The van der Waals surface area contributed by atoms with Gasteiger partial charge in [-0.25, -0.2) is 0 Å². The summed E-state index contributed by atoms with van der Waals surface area (Å²) in [6.07, 6.45) is 4.95. The van der Waals surface area contributed by atoms with E-state index in [1.807, 2.05) is 48.5 Å². The van der Waals surface area contributed by atoms with Crippen molar-refractivity contribution in [1.82, 2.24) is 14.9 Å². The van der Waals surface area contributed by atoms with E-state index < -0.39 is 0 Å². The van der Waals surface area contributed by atoms with Crippen molar-refractivity contribution in [3.8, 4) is 11.5 Å². The van der Waals surface area contributed by atoms with Gasteiger partial charge in [-0.05, 0) is 48.4 Å². The van der Waals surface area contributed by atoms with E-state index in [2.05, 4.69) is 40.1 Å². The molecule has 2 aromatic carbocycles. The Hall–Kier alpha value is -3.80. The number of para-hydroxylation sites is 1. The van der Waals surface area contributed by atoms with Crippen molar-refractivity contribution in [2.24, 2.45) is 0 Å². The van der Waals surface area contributed by atoms with Crippen LogP contribution in [-0.2, 0) is 17.8 Å². The van der Waals surface area contributed by atoms with Crippen LogP contribution in [0.4, 0.5) is 0 Å². The number of nitrogens with one attached hydrogen (secondary N) is 1. The number of hydrogen-bond acceptors (Lipinski definition) is 4. The van der Waals surface area contributed by atoms with Gasteiger partial charge in [0.25, 0.3) is 0 Å². The van der Waals surface area contributed by atoms with Crippen molar-refractivity contribution in [2.45, 2.75) is 32.2 Å². The van der Waals surface area contributed by atoms with Crippen LogP contribution < -0.4 is 14.8 Å². The van der Waals surface area contributed by atoms with E-state index >= 15 is 0 Å². The number of rotatable bonds is 10. The molecule has 0 aliphatic carbocycles. The summed E-state index contributed by atoms with van der Waals surface area (Å²) in [7, 11) is 3.28. The first-order valence-electron chi connectivity index (χ1n) is 11.6. The molecule has 0 saturated heterocycles. The van der Waals surface area contributed by atoms with E-state index in [0.717, 1.165) is 34.3 Å². The topological polar surface area (TPSA) is 65.4 Å². The van der Waals surface area contributed by atoms with Gasteiger partial charge in [0.1, 0.15) is 11.5 Å². The largest absolute Gasteiger partial charge is 0.497 e. The fraction of sp³-hybridized carbons (Fsp3) is 0.286. The smallest absolute Gasteiger partial charge is 0.220 e. The number of aromatic nitrogens is 2. The standard InChI is InChI=1S/C28H31N3O3/c1-4-31-19-26(24-10-5-6-11-27(24)31)25(20-15-22(33-2)17-23(16-20)34-3)18-28(32)30-14-12-21-9-7-8-13-29-21/h5-11,13,15-17,19,25H,4,12,14,18H2,1-3H3,(H,30,32). The molecule has 0 spiro atoms. The van der Waals surface area contributed by atoms with Crippen molar-refractivity contribution in [1.29, 1.82) is 0 Å². The van der Waals surface area contributed by atoms with Gasteiger partial charge in [-0.15, -0.1) is 0 Å². The second-order valence-corrected chi connectivity index (χ2v) is 8.21. The highest BCUT2D eigenvalue weighted by Crippen LogP contribution is 2.37. The monoisotopic (exact) mass is 457 g/mol. The number of nitrogens with zero attached hydrogens (tertiary/aromatic N) is 2. The Morgan fingerprint density at radius 3 is 2.44 bits per heavy atom. The van der Waals surface area contributed by atoms with Gasteiger partial charge in [0.2, 0.25) is 5.91 Å². The maximum atomic E-state index is 13.1. The number of carbonyl (C=O) groups excluding carboxylic acids is 1. The quantitative estimate of drug-likeness (QED) is 0.366. The Morgan fingerprint density at radius 1 is 1.03 bits per heavy atom. The maximum absolute atomic E-state index is 13.1. The summed E-state index contributed by atoms with van der Waals surface area (Å²) in [6, 6.07) is 20.0. The molecule has 2 aromatic heterocycles. The second-order valence-electron chi connectivity index (χ2n) is 8.21.